The van der Waals surface area contributed by atoms with E-state index in [1.54, 1.807) is 12.3 Å². The van der Waals surface area contributed by atoms with Gasteiger partial charge in [-0.05, 0) is 49.8 Å². The Kier molecular flexibility index (Phi) is 4.70. The Morgan fingerprint density at radius 2 is 1.92 bits per heavy atom. The lowest BCUT2D eigenvalue weighted by molar-refractivity contribution is 0.103. The number of allylic oxidation sites excluding steroid dienone is 1. The largest absolute Gasteiger partial charge is 0.372 e. The molecule has 5 heteroatoms. The number of ketones is 1. The van der Waals surface area contributed by atoms with Gasteiger partial charge < -0.3 is 9.88 Å². The first-order chi connectivity index (χ1) is 11.7. The third-order valence-corrected chi connectivity index (χ3v) is 3.94. The zero-order valence-corrected chi connectivity index (χ0v) is 13.9. The first-order valence-electron chi connectivity index (χ1n) is 8.09. The lowest BCUT2D eigenvalue weighted by atomic mass is 10.1. The van der Waals surface area contributed by atoms with Gasteiger partial charge in [-0.25, -0.2) is 9.97 Å². The van der Waals surface area contributed by atoms with E-state index in [1.807, 2.05) is 24.3 Å². The van der Waals surface area contributed by atoms with E-state index in [-0.39, 0.29) is 5.78 Å². The number of hydrogen-bond donors (Lipinski definition) is 1. The van der Waals surface area contributed by atoms with Crippen LogP contribution < -0.4 is 4.90 Å². The maximum Gasteiger partial charge on any atom is 0.221 e. The standard InChI is InChI=1S/C19H20N4O/c1-3-23(4-2)15-10-7-14(8-11-15)9-12-17(24)19-21-16-6-5-13-20-18(16)22-19/h5-13H,3-4H2,1-2H3,(H,20,21,22). The van der Waals surface area contributed by atoms with Gasteiger partial charge in [-0.1, -0.05) is 18.2 Å². The highest BCUT2D eigenvalue weighted by Gasteiger charge is 2.08. The second-order valence-electron chi connectivity index (χ2n) is 5.42. The summed E-state index contributed by atoms with van der Waals surface area (Å²) in [6.07, 6.45) is 4.99. The van der Waals surface area contributed by atoms with Gasteiger partial charge in [0.1, 0.15) is 0 Å². The number of aromatic nitrogens is 3. The van der Waals surface area contributed by atoms with Gasteiger partial charge in [0, 0.05) is 25.0 Å². The van der Waals surface area contributed by atoms with E-state index < -0.39 is 0 Å². The Balaban J connectivity index is 1.74. The van der Waals surface area contributed by atoms with E-state index in [1.165, 1.54) is 11.8 Å². The van der Waals surface area contributed by atoms with Gasteiger partial charge in [0.05, 0.1) is 5.52 Å². The maximum absolute atomic E-state index is 12.2. The second-order valence-corrected chi connectivity index (χ2v) is 5.42. The molecule has 0 radical (unpaired) electrons. The van der Waals surface area contributed by atoms with Crippen molar-refractivity contribution in [2.45, 2.75) is 13.8 Å². The molecular weight excluding hydrogens is 300 g/mol. The van der Waals surface area contributed by atoms with Crippen LogP contribution in [0.15, 0.2) is 48.7 Å². The van der Waals surface area contributed by atoms with Crippen LogP contribution in [0.3, 0.4) is 0 Å². The molecule has 0 aliphatic rings. The number of nitrogens with zero attached hydrogens (tertiary/aromatic N) is 3. The van der Waals surface area contributed by atoms with E-state index in [0.717, 1.165) is 24.2 Å². The van der Waals surface area contributed by atoms with Crippen molar-refractivity contribution >= 4 is 28.7 Å². The number of fused-ring (bicyclic) bond motifs is 1. The molecule has 2 aromatic heterocycles. The monoisotopic (exact) mass is 320 g/mol. The summed E-state index contributed by atoms with van der Waals surface area (Å²) in [6.45, 7) is 6.23. The third kappa shape index (κ3) is 3.35. The molecule has 0 aliphatic heterocycles. The average Bonchev–Trinajstić information content (AvgIpc) is 3.06. The van der Waals surface area contributed by atoms with Crippen LogP contribution in [-0.4, -0.2) is 33.8 Å². The molecule has 1 aromatic carbocycles. The predicted octanol–water partition coefficient (Wildman–Crippen LogP) is 3.70. The van der Waals surface area contributed by atoms with Crippen molar-refractivity contribution in [3.8, 4) is 0 Å². The van der Waals surface area contributed by atoms with Gasteiger partial charge in [0.15, 0.2) is 11.5 Å². The van der Waals surface area contributed by atoms with Crippen LogP contribution in [0.25, 0.3) is 17.2 Å². The summed E-state index contributed by atoms with van der Waals surface area (Å²) in [5.74, 6) is 0.139. The van der Waals surface area contributed by atoms with Crippen molar-refractivity contribution in [3.63, 3.8) is 0 Å². The van der Waals surface area contributed by atoms with E-state index >= 15 is 0 Å². The van der Waals surface area contributed by atoms with E-state index in [0.29, 0.717) is 11.5 Å². The number of pyridine rings is 1. The fourth-order valence-electron chi connectivity index (χ4n) is 2.60. The zero-order valence-electron chi connectivity index (χ0n) is 13.9. The summed E-state index contributed by atoms with van der Waals surface area (Å²) in [5.41, 5.74) is 3.48. The highest BCUT2D eigenvalue weighted by atomic mass is 16.1. The van der Waals surface area contributed by atoms with Crippen molar-refractivity contribution in [1.82, 2.24) is 15.0 Å². The van der Waals surface area contributed by atoms with E-state index in [4.69, 9.17) is 0 Å². The normalized spacial score (nSPS) is 11.2. The van der Waals surface area contributed by atoms with Gasteiger partial charge in [-0.2, -0.15) is 0 Å². The number of hydrogen-bond acceptors (Lipinski definition) is 4. The van der Waals surface area contributed by atoms with E-state index in [2.05, 4.69) is 45.8 Å². The molecule has 122 valence electrons. The Morgan fingerprint density at radius 1 is 1.17 bits per heavy atom. The van der Waals surface area contributed by atoms with Crippen molar-refractivity contribution in [3.05, 3.63) is 60.1 Å². The molecule has 3 rings (SSSR count). The Bertz CT molecular complexity index is 827. The van der Waals surface area contributed by atoms with Crippen LogP contribution >= 0.6 is 0 Å². The van der Waals surface area contributed by atoms with Gasteiger partial charge >= 0.3 is 0 Å². The zero-order chi connectivity index (χ0) is 16.9. The number of aromatic amines is 1. The molecule has 0 unspecified atom stereocenters. The number of rotatable bonds is 6. The minimum atomic E-state index is -0.166. The molecule has 0 saturated carbocycles. The molecule has 0 fully saturated rings. The van der Waals surface area contributed by atoms with Crippen molar-refractivity contribution in [1.29, 1.82) is 0 Å². The Morgan fingerprint density at radius 3 is 2.58 bits per heavy atom. The summed E-state index contributed by atoms with van der Waals surface area (Å²) >= 11 is 0. The van der Waals surface area contributed by atoms with Crippen molar-refractivity contribution in [2.24, 2.45) is 0 Å². The van der Waals surface area contributed by atoms with Crippen LogP contribution in [0.1, 0.15) is 30.0 Å². The molecule has 0 saturated heterocycles. The predicted molar refractivity (Wildman–Crippen MR) is 97.3 cm³/mol. The van der Waals surface area contributed by atoms with Gasteiger partial charge in [0.25, 0.3) is 0 Å². The highest BCUT2D eigenvalue weighted by molar-refractivity contribution is 6.05. The summed E-state index contributed by atoms with van der Waals surface area (Å²) in [6, 6.07) is 11.8. The second kappa shape index (κ2) is 7.08. The average molecular weight is 320 g/mol. The lowest BCUT2D eigenvalue weighted by Gasteiger charge is -2.20. The molecular formula is C19H20N4O. The first kappa shape index (κ1) is 15.9. The first-order valence-corrected chi connectivity index (χ1v) is 8.09. The minimum absolute atomic E-state index is 0.166. The molecule has 2 heterocycles. The molecule has 0 spiro atoms. The minimum Gasteiger partial charge on any atom is -0.372 e. The fraction of sp³-hybridized carbons (Fsp3) is 0.211. The fourth-order valence-corrected chi connectivity index (χ4v) is 2.60. The molecule has 0 aliphatic carbocycles. The number of imidazole rings is 1. The SMILES string of the molecule is CCN(CC)c1ccc(C=CC(=O)c2nc3ncccc3[nH]2)cc1. The van der Waals surface area contributed by atoms with Crippen molar-refractivity contribution < 1.29 is 4.79 Å². The molecule has 1 N–H and O–H groups in total. The van der Waals surface area contributed by atoms with Gasteiger partial charge in [0.2, 0.25) is 5.78 Å². The molecule has 5 nitrogen and oxygen atoms in total. The highest BCUT2D eigenvalue weighted by Crippen LogP contribution is 2.16. The molecule has 0 amide bonds. The number of carbonyl (C=O) groups excluding carboxylic acids is 1. The summed E-state index contributed by atoms with van der Waals surface area (Å²) in [5, 5.41) is 0. The number of benzene rings is 1. The van der Waals surface area contributed by atoms with Crippen LogP contribution in [0.5, 0.6) is 0 Å². The van der Waals surface area contributed by atoms with Gasteiger partial charge in [-0.15, -0.1) is 0 Å². The van der Waals surface area contributed by atoms with Crippen LogP contribution in [-0.2, 0) is 0 Å². The molecule has 3 aromatic rings. The Hall–Kier alpha value is -2.95. The number of anilines is 1. The molecule has 0 atom stereocenters. The maximum atomic E-state index is 12.2. The van der Waals surface area contributed by atoms with Crippen LogP contribution in [0.2, 0.25) is 0 Å². The lowest BCUT2D eigenvalue weighted by Crippen LogP contribution is -2.21. The quantitative estimate of drug-likeness (QED) is 0.556. The Labute approximate surface area is 141 Å². The van der Waals surface area contributed by atoms with Crippen LogP contribution in [0.4, 0.5) is 5.69 Å². The molecule has 0 bridgehead atoms. The smallest absolute Gasteiger partial charge is 0.221 e. The van der Waals surface area contributed by atoms with Gasteiger partial charge in [-0.3, -0.25) is 4.79 Å². The summed E-state index contributed by atoms with van der Waals surface area (Å²) < 4.78 is 0. The molecule has 24 heavy (non-hydrogen) atoms. The number of H-pyrrole nitrogens is 1. The van der Waals surface area contributed by atoms with Crippen LogP contribution in [0, 0.1) is 0 Å². The summed E-state index contributed by atoms with van der Waals surface area (Å²) in [7, 11) is 0. The van der Waals surface area contributed by atoms with E-state index in [9.17, 15) is 4.79 Å². The third-order valence-electron chi connectivity index (χ3n) is 3.94. The van der Waals surface area contributed by atoms with Crippen molar-refractivity contribution in [2.75, 3.05) is 18.0 Å². The topological polar surface area (TPSA) is 61.9 Å². The number of nitrogens with one attached hydrogen (secondary N) is 1. The number of carbonyl (C=O) groups is 1. The summed E-state index contributed by atoms with van der Waals surface area (Å²) in [4.78, 5) is 25.8.